The monoisotopic (exact) mass is 377 g/mol. The molecule has 0 saturated heterocycles. The van der Waals surface area contributed by atoms with Gasteiger partial charge in [-0.05, 0) is 53.9 Å². The van der Waals surface area contributed by atoms with Gasteiger partial charge in [-0.2, -0.15) is 0 Å². The van der Waals surface area contributed by atoms with Crippen molar-refractivity contribution in [2.75, 3.05) is 0 Å². The summed E-state index contributed by atoms with van der Waals surface area (Å²) in [6.07, 6.45) is 0.396. The lowest BCUT2D eigenvalue weighted by molar-refractivity contribution is -0.136. The average molecular weight is 378 g/mol. The van der Waals surface area contributed by atoms with Gasteiger partial charge < -0.3 is 4.74 Å². The summed E-state index contributed by atoms with van der Waals surface area (Å²) < 4.78 is 5.50. The third kappa shape index (κ3) is 5.48. The first-order valence-electron chi connectivity index (χ1n) is 9.07. The number of hydrogen-bond acceptors (Lipinski definition) is 2. The van der Waals surface area contributed by atoms with Gasteiger partial charge in [0.15, 0.2) is 14.7 Å². The second kappa shape index (κ2) is 8.45. The van der Waals surface area contributed by atoms with Crippen molar-refractivity contribution >= 4 is 16.9 Å². The zero-order valence-electron chi connectivity index (χ0n) is 16.0. The van der Waals surface area contributed by atoms with Crippen LogP contribution in [0.25, 0.3) is 0 Å². The fourth-order valence-corrected chi connectivity index (χ4v) is 4.85. The summed E-state index contributed by atoms with van der Waals surface area (Å²) in [5, 5.41) is 0. The summed E-state index contributed by atoms with van der Waals surface area (Å²) in [4.78, 5) is 15.8. The molecule has 0 N–H and O–H groups in total. The van der Waals surface area contributed by atoms with Gasteiger partial charge in [0.25, 0.3) is 0 Å². The summed E-state index contributed by atoms with van der Waals surface area (Å²) in [6.45, 7) is 6.09. The van der Waals surface area contributed by atoms with Crippen molar-refractivity contribution in [2.45, 2.75) is 41.9 Å². The Morgan fingerprint density at radius 3 is 1.63 bits per heavy atom. The van der Waals surface area contributed by atoms with Gasteiger partial charge in [0.1, 0.15) is 5.75 Å². The Morgan fingerprint density at radius 1 is 0.741 bits per heavy atom. The van der Waals surface area contributed by atoms with Gasteiger partial charge in [0, 0.05) is 0 Å². The van der Waals surface area contributed by atoms with E-state index in [4.69, 9.17) is 4.74 Å². The molecule has 0 radical (unpaired) electrons. The normalized spacial score (nSPS) is 11.4. The predicted octanol–water partition coefficient (Wildman–Crippen LogP) is 6.12. The van der Waals surface area contributed by atoms with E-state index in [2.05, 4.69) is 60.7 Å². The minimum atomic E-state index is -0.194. The molecule has 2 nitrogen and oxygen atoms in total. The van der Waals surface area contributed by atoms with Crippen LogP contribution in [-0.4, -0.2) is 5.97 Å². The van der Waals surface area contributed by atoms with E-state index in [0.717, 1.165) is 0 Å². The number of rotatable bonds is 5. The van der Waals surface area contributed by atoms with Crippen LogP contribution in [0.4, 0.5) is 0 Å². The smallest absolute Gasteiger partial charge is 0.311 e. The number of benzene rings is 3. The lowest BCUT2D eigenvalue weighted by Crippen LogP contribution is -2.17. The topological polar surface area (TPSA) is 26.3 Å². The minimum absolute atomic E-state index is 0.0792. The molecule has 138 valence electrons. The summed E-state index contributed by atoms with van der Waals surface area (Å²) in [5.74, 6) is 0.401. The molecule has 3 aromatic rings. The lowest BCUT2D eigenvalue weighted by Gasteiger charge is -2.16. The van der Waals surface area contributed by atoms with E-state index >= 15 is 0 Å². The molecule has 3 heteroatoms. The molecule has 0 aliphatic carbocycles. The maximum atomic E-state index is 12.1. The van der Waals surface area contributed by atoms with E-state index in [1.165, 1.54) is 14.7 Å². The highest BCUT2D eigenvalue weighted by atomic mass is 32.2. The Bertz CT molecular complexity index is 826. The molecule has 0 unspecified atom stereocenters. The van der Waals surface area contributed by atoms with Crippen LogP contribution in [0.15, 0.2) is 99.6 Å². The molecule has 0 aliphatic heterocycles. The maximum absolute atomic E-state index is 12.1. The van der Waals surface area contributed by atoms with Crippen LogP contribution >= 0.6 is 0 Å². The molecule has 0 aromatic heterocycles. The molecule has 0 heterocycles. The Morgan fingerprint density at radius 2 is 1.19 bits per heavy atom. The summed E-state index contributed by atoms with van der Waals surface area (Å²) in [5.41, 5.74) is -0.0792. The fraction of sp³-hybridized carbons (Fsp3) is 0.208. The molecule has 0 bridgehead atoms. The first-order valence-corrected chi connectivity index (χ1v) is 10.3. The van der Waals surface area contributed by atoms with Crippen LogP contribution in [0.1, 0.15) is 27.2 Å². The highest BCUT2D eigenvalue weighted by Gasteiger charge is 2.28. The SMILES string of the molecule is CC(C)(C)CC(=O)Oc1ccc([S+](c2ccccc2)c2ccccc2)cc1. The second-order valence-electron chi connectivity index (χ2n) is 7.62. The van der Waals surface area contributed by atoms with Crippen LogP contribution < -0.4 is 4.74 Å². The molecule has 0 aliphatic rings. The van der Waals surface area contributed by atoms with Crippen LogP contribution in [0.5, 0.6) is 5.75 Å². The van der Waals surface area contributed by atoms with Crippen LogP contribution in [0.3, 0.4) is 0 Å². The first-order chi connectivity index (χ1) is 12.9. The zero-order valence-corrected chi connectivity index (χ0v) is 16.8. The van der Waals surface area contributed by atoms with Crippen molar-refractivity contribution in [1.82, 2.24) is 0 Å². The van der Waals surface area contributed by atoms with Crippen molar-refractivity contribution in [1.29, 1.82) is 0 Å². The summed E-state index contributed by atoms with van der Waals surface area (Å²) >= 11 is 0. The minimum Gasteiger partial charge on any atom is -0.427 e. The van der Waals surface area contributed by atoms with Gasteiger partial charge in [-0.3, -0.25) is 4.79 Å². The zero-order chi connectivity index (χ0) is 19.3. The molecule has 3 aromatic carbocycles. The average Bonchev–Trinajstić information content (AvgIpc) is 2.64. The standard InChI is InChI=1S/C24H25O2S/c1-24(2,3)18-23(25)26-19-14-16-22(17-15-19)27(20-10-6-4-7-11-20)21-12-8-5-9-13-21/h4-17H,18H2,1-3H3/q+1. The van der Waals surface area contributed by atoms with Crippen molar-refractivity contribution in [3.05, 3.63) is 84.9 Å². The Labute approximate surface area is 164 Å². The van der Waals surface area contributed by atoms with E-state index in [1.54, 1.807) is 0 Å². The maximum Gasteiger partial charge on any atom is 0.311 e. The van der Waals surface area contributed by atoms with E-state index in [1.807, 2.05) is 45.0 Å². The van der Waals surface area contributed by atoms with Gasteiger partial charge >= 0.3 is 5.97 Å². The van der Waals surface area contributed by atoms with Crippen molar-refractivity contribution in [2.24, 2.45) is 5.41 Å². The van der Waals surface area contributed by atoms with Crippen LogP contribution in [-0.2, 0) is 15.7 Å². The third-order valence-corrected chi connectivity index (χ3v) is 6.15. The van der Waals surface area contributed by atoms with Crippen molar-refractivity contribution in [3.8, 4) is 5.75 Å². The lowest BCUT2D eigenvalue weighted by atomic mass is 9.92. The van der Waals surface area contributed by atoms with E-state index in [-0.39, 0.29) is 22.3 Å². The van der Waals surface area contributed by atoms with Crippen LogP contribution in [0.2, 0.25) is 0 Å². The van der Waals surface area contributed by atoms with Gasteiger partial charge in [0.05, 0.1) is 17.3 Å². The molecular formula is C24H25O2S+. The molecule has 0 saturated carbocycles. The molecule has 0 atom stereocenters. The molecule has 0 fully saturated rings. The Kier molecular flexibility index (Phi) is 6.02. The molecule has 0 spiro atoms. The molecular weight excluding hydrogens is 352 g/mol. The fourth-order valence-electron chi connectivity index (χ4n) is 2.77. The summed E-state index contributed by atoms with van der Waals surface area (Å²) in [7, 11) is -0.192. The number of ether oxygens (including phenoxy) is 1. The van der Waals surface area contributed by atoms with Crippen molar-refractivity contribution < 1.29 is 9.53 Å². The first kappa shape index (κ1) is 19.2. The quantitative estimate of drug-likeness (QED) is 0.304. The largest absolute Gasteiger partial charge is 0.427 e. The Balaban J connectivity index is 1.85. The highest BCUT2D eigenvalue weighted by molar-refractivity contribution is 7.97. The molecule has 3 rings (SSSR count). The van der Waals surface area contributed by atoms with E-state index in [0.29, 0.717) is 12.2 Å². The van der Waals surface area contributed by atoms with Gasteiger partial charge in [-0.25, -0.2) is 0 Å². The summed E-state index contributed by atoms with van der Waals surface area (Å²) in [6, 6.07) is 28.9. The van der Waals surface area contributed by atoms with E-state index in [9.17, 15) is 4.79 Å². The number of carbonyl (C=O) groups is 1. The number of hydrogen-bond donors (Lipinski definition) is 0. The van der Waals surface area contributed by atoms with Gasteiger partial charge in [0.2, 0.25) is 0 Å². The van der Waals surface area contributed by atoms with Crippen molar-refractivity contribution in [3.63, 3.8) is 0 Å². The van der Waals surface area contributed by atoms with Gasteiger partial charge in [-0.1, -0.05) is 57.2 Å². The Hall–Kier alpha value is -2.52. The second-order valence-corrected chi connectivity index (χ2v) is 9.64. The predicted molar refractivity (Wildman–Crippen MR) is 111 cm³/mol. The number of carbonyl (C=O) groups excluding carboxylic acids is 1. The van der Waals surface area contributed by atoms with Crippen LogP contribution in [0, 0.1) is 5.41 Å². The highest BCUT2D eigenvalue weighted by Crippen LogP contribution is 2.32. The molecule has 27 heavy (non-hydrogen) atoms. The van der Waals surface area contributed by atoms with Gasteiger partial charge in [-0.15, -0.1) is 0 Å². The number of esters is 1. The third-order valence-electron chi connectivity index (χ3n) is 3.92. The molecule has 0 amide bonds. The van der Waals surface area contributed by atoms with E-state index < -0.39 is 0 Å².